The van der Waals surface area contributed by atoms with Gasteiger partial charge >= 0.3 is 0 Å². The largest absolute Gasteiger partial charge is 0.467 e. The molecule has 0 bridgehead atoms. The van der Waals surface area contributed by atoms with Crippen LogP contribution < -0.4 is 10.6 Å². The van der Waals surface area contributed by atoms with E-state index in [4.69, 9.17) is 16.0 Å². The normalized spacial score (nSPS) is 10.2. The van der Waals surface area contributed by atoms with Gasteiger partial charge in [-0.25, -0.2) is 4.98 Å². The first-order valence-corrected chi connectivity index (χ1v) is 6.29. The van der Waals surface area contributed by atoms with Crippen LogP contribution in [0.2, 0.25) is 5.02 Å². The van der Waals surface area contributed by atoms with Gasteiger partial charge in [0, 0.05) is 6.54 Å². The number of rotatable bonds is 5. The molecule has 6 heteroatoms. The lowest BCUT2D eigenvalue weighted by Gasteiger charge is -2.07. The highest BCUT2D eigenvalue weighted by molar-refractivity contribution is 6.33. The van der Waals surface area contributed by atoms with Gasteiger partial charge in [0.1, 0.15) is 17.3 Å². The Bertz CT molecular complexity index is 555. The lowest BCUT2D eigenvalue weighted by Crippen LogP contribution is -2.24. The number of amides is 1. The van der Waals surface area contributed by atoms with Crippen LogP contribution in [0.25, 0.3) is 0 Å². The molecule has 2 N–H and O–H groups in total. The quantitative estimate of drug-likeness (QED) is 0.883. The molecule has 0 saturated heterocycles. The van der Waals surface area contributed by atoms with Crippen LogP contribution in [0.4, 0.5) is 5.82 Å². The second-order valence-electron chi connectivity index (χ2n) is 3.82. The number of pyridine rings is 1. The molecular formula is C13H14ClN3O2. The van der Waals surface area contributed by atoms with Gasteiger partial charge in [-0.1, -0.05) is 11.6 Å². The second kappa shape index (κ2) is 6.24. The van der Waals surface area contributed by atoms with Crippen LogP contribution in [0.5, 0.6) is 0 Å². The molecule has 100 valence electrons. The van der Waals surface area contributed by atoms with Gasteiger partial charge in [-0.2, -0.15) is 0 Å². The molecule has 5 nitrogen and oxygen atoms in total. The van der Waals surface area contributed by atoms with Crippen molar-refractivity contribution in [3.8, 4) is 0 Å². The number of nitrogens with zero attached hydrogens (tertiary/aromatic N) is 1. The SMILES string of the molecule is CCNc1ccc(Cl)c(C(=O)NCc2ccco2)n1. The first-order valence-electron chi connectivity index (χ1n) is 5.91. The number of halogens is 1. The number of anilines is 1. The van der Waals surface area contributed by atoms with Crippen LogP contribution in [0.15, 0.2) is 34.9 Å². The maximum atomic E-state index is 12.0. The number of hydrogen-bond acceptors (Lipinski definition) is 4. The Hall–Kier alpha value is -2.01. The first-order chi connectivity index (χ1) is 9.20. The average molecular weight is 280 g/mol. The molecule has 2 rings (SSSR count). The Morgan fingerprint density at radius 2 is 2.26 bits per heavy atom. The predicted molar refractivity (Wildman–Crippen MR) is 73.3 cm³/mol. The molecule has 0 fully saturated rings. The van der Waals surface area contributed by atoms with Crippen molar-refractivity contribution in [3.63, 3.8) is 0 Å². The van der Waals surface area contributed by atoms with Crippen molar-refractivity contribution in [2.75, 3.05) is 11.9 Å². The van der Waals surface area contributed by atoms with Gasteiger partial charge in [-0.15, -0.1) is 0 Å². The van der Waals surface area contributed by atoms with E-state index in [1.165, 1.54) is 0 Å². The minimum absolute atomic E-state index is 0.201. The number of nitrogens with one attached hydrogen (secondary N) is 2. The molecule has 19 heavy (non-hydrogen) atoms. The number of carbonyl (C=O) groups excluding carboxylic acids is 1. The summed E-state index contributed by atoms with van der Waals surface area (Å²) in [6.07, 6.45) is 1.55. The Labute approximate surface area is 116 Å². The highest BCUT2D eigenvalue weighted by Crippen LogP contribution is 2.16. The van der Waals surface area contributed by atoms with E-state index in [1.54, 1.807) is 30.5 Å². The maximum absolute atomic E-state index is 12.0. The summed E-state index contributed by atoms with van der Waals surface area (Å²) in [5.74, 6) is 0.962. The van der Waals surface area contributed by atoms with Gasteiger partial charge in [-0.05, 0) is 31.2 Å². The van der Waals surface area contributed by atoms with Gasteiger partial charge in [0.05, 0.1) is 17.8 Å². The summed E-state index contributed by atoms with van der Waals surface area (Å²) in [7, 11) is 0. The van der Waals surface area contributed by atoms with Crippen LogP contribution in [0.3, 0.4) is 0 Å². The average Bonchev–Trinajstić information content (AvgIpc) is 2.92. The van der Waals surface area contributed by atoms with Crippen molar-refractivity contribution in [2.24, 2.45) is 0 Å². The topological polar surface area (TPSA) is 67.2 Å². The molecule has 0 aromatic carbocycles. The van der Waals surface area contributed by atoms with Crippen LogP contribution in [-0.4, -0.2) is 17.4 Å². The smallest absolute Gasteiger partial charge is 0.271 e. The summed E-state index contributed by atoms with van der Waals surface area (Å²) in [4.78, 5) is 16.2. The van der Waals surface area contributed by atoms with E-state index in [-0.39, 0.29) is 11.6 Å². The highest BCUT2D eigenvalue weighted by Gasteiger charge is 2.13. The van der Waals surface area contributed by atoms with Crippen LogP contribution in [-0.2, 0) is 6.54 Å². The number of aromatic nitrogens is 1. The predicted octanol–water partition coefficient (Wildman–Crippen LogP) is 2.69. The van der Waals surface area contributed by atoms with Gasteiger partial charge < -0.3 is 15.1 Å². The molecule has 0 radical (unpaired) electrons. The minimum atomic E-state index is -0.332. The highest BCUT2D eigenvalue weighted by atomic mass is 35.5. The molecule has 2 aromatic heterocycles. The first kappa shape index (κ1) is 13.4. The third-order valence-electron chi connectivity index (χ3n) is 2.42. The third-order valence-corrected chi connectivity index (χ3v) is 2.73. The zero-order valence-corrected chi connectivity index (χ0v) is 11.2. The van der Waals surface area contributed by atoms with Crippen LogP contribution in [0.1, 0.15) is 23.2 Å². The summed E-state index contributed by atoms with van der Waals surface area (Å²) < 4.78 is 5.13. The van der Waals surface area contributed by atoms with E-state index in [2.05, 4.69) is 15.6 Å². The molecule has 0 atom stereocenters. The summed E-state index contributed by atoms with van der Waals surface area (Å²) in [6, 6.07) is 6.92. The second-order valence-corrected chi connectivity index (χ2v) is 4.23. The zero-order valence-electron chi connectivity index (χ0n) is 10.4. The van der Waals surface area contributed by atoms with Gasteiger partial charge in [0.2, 0.25) is 0 Å². The summed E-state index contributed by atoms with van der Waals surface area (Å²) in [6.45, 7) is 2.98. The fraction of sp³-hybridized carbons (Fsp3) is 0.231. The van der Waals surface area contributed by atoms with E-state index in [0.29, 0.717) is 23.1 Å². The van der Waals surface area contributed by atoms with Crippen molar-refractivity contribution in [1.29, 1.82) is 0 Å². The van der Waals surface area contributed by atoms with E-state index < -0.39 is 0 Å². The number of carbonyl (C=O) groups is 1. The molecule has 0 spiro atoms. The molecule has 0 saturated carbocycles. The van der Waals surface area contributed by atoms with Gasteiger partial charge in [-0.3, -0.25) is 4.79 Å². The molecule has 2 heterocycles. The standard InChI is InChI=1S/C13H14ClN3O2/c1-2-15-11-6-5-10(14)12(17-11)13(18)16-8-9-4-3-7-19-9/h3-7H,2,8H2,1H3,(H,15,17)(H,16,18). The third kappa shape index (κ3) is 3.48. The van der Waals surface area contributed by atoms with Crippen molar-refractivity contribution >= 4 is 23.3 Å². The van der Waals surface area contributed by atoms with Gasteiger partial charge in [0.15, 0.2) is 0 Å². The molecule has 1 amide bonds. The Morgan fingerprint density at radius 1 is 1.42 bits per heavy atom. The lowest BCUT2D eigenvalue weighted by molar-refractivity contribution is 0.0943. The Morgan fingerprint density at radius 3 is 2.95 bits per heavy atom. The van der Waals surface area contributed by atoms with Crippen LogP contribution >= 0.6 is 11.6 Å². The van der Waals surface area contributed by atoms with Crippen molar-refractivity contribution in [1.82, 2.24) is 10.3 Å². The number of furan rings is 1. The fourth-order valence-corrected chi connectivity index (χ4v) is 1.74. The molecule has 0 aliphatic carbocycles. The van der Waals surface area contributed by atoms with Crippen molar-refractivity contribution in [3.05, 3.63) is 47.0 Å². The molecular weight excluding hydrogens is 266 g/mol. The summed E-state index contributed by atoms with van der Waals surface area (Å²) in [5.41, 5.74) is 0.201. The summed E-state index contributed by atoms with van der Waals surface area (Å²) in [5, 5.41) is 6.05. The molecule has 0 aliphatic heterocycles. The van der Waals surface area contributed by atoms with Crippen molar-refractivity contribution in [2.45, 2.75) is 13.5 Å². The zero-order chi connectivity index (χ0) is 13.7. The Kier molecular flexibility index (Phi) is 4.41. The number of hydrogen-bond donors (Lipinski definition) is 2. The van der Waals surface area contributed by atoms with E-state index in [9.17, 15) is 4.79 Å². The molecule has 0 unspecified atom stereocenters. The monoisotopic (exact) mass is 279 g/mol. The molecule has 2 aromatic rings. The van der Waals surface area contributed by atoms with Crippen molar-refractivity contribution < 1.29 is 9.21 Å². The fourth-order valence-electron chi connectivity index (χ4n) is 1.55. The van der Waals surface area contributed by atoms with E-state index in [1.807, 2.05) is 6.92 Å². The minimum Gasteiger partial charge on any atom is -0.467 e. The van der Waals surface area contributed by atoms with Gasteiger partial charge in [0.25, 0.3) is 5.91 Å². The summed E-state index contributed by atoms with van der Waals surface area (Å²) >= 11 is 5.98. The Balaban J connectivity index is 2.07. The maximum Gasteiger partial charge on any atom is 0.271 e. The van der Waals surface area contributed by atoms with E-state index in [0.717, 1.165) is 6.54 Å². The molecule has 0 aliphatic rings. The van der Waals surface area contributed by atoms with Crippen LogP contribution in [0, 0.1) is 0 Å². The van der Waals surface area contributed by atoms with E-state index >= 15 is 0 Å². The lowest BCUT2D eigenvalue weighted by atomic mass is 10.3.